The molecule has 2 aromatic rings. The number of nitro benzene ring substituents is 1. The maximum absolute atomic E-state index is 12.2. The van der Waals surface area contributed by atoms with Gasteiger partial charge in [0.15, 0.2) is 0 Å². The minimum absolute atomic E-state index is 0.0134. The first-order valence-electron chi connectivity index (χ1n) is 7.58. The lowest BCUT2D eigenvalue weighted by Crippen LogP contribution is -2.12. The van der Waals surface area contributed by atoms with Crippen molar-refractivity contribution >= 4 is 17.3 Å². The van der Waals surface area contributed by atoms with Crippen LogP contribution in [0.1, 0.15) is 47.7 Å². The average molecular weight is 312 g/mol. The molecule has 0 saturated heterocycles. The number of carbonyl (C=O) groups is 1. The van der Waals surface area contributed by atoms with E-state index in [9.17, 15) is 14.9 Å². The van der Waals surface area contributed by atoms with Crippen LogP contribution in [0.2, 0.25) is 0 Å². The number of aryl methyl sites for hydroxylation is 1. The van der Waals surface area contributed by atoms with Crippen LogP contribution in [0.5, 0.6) is 0 Å². The number of nitro groups is 1. The predicted molar refractivity (Wildman–Crippen MR) is 90.9 cm³/mol. The van der Waals surface area contributed by atoms with Gasteiger partial charge in [0.2, 0.25) is 0 Å². The molecule has 0 aliphatic rings. The van der Waals surface area contributed by atoms with E-state index >= 15 is 0 Å². The summed E-state index contributed by atoms with van der Waals surface area (Å²) in [4.78, 5) is 22.6. The molecule has 5 heteroatoms. The largest absolute Gasteiger partial charge is 0.322 e. The van der Waals surface area contributed by atoms with Crippen molar-refractivity contribution in [1.29, 1.82) is 0 Å². The summed E-state index contributed by atoms with van der Waals surface area (Å²) >= 11 is 0. The lowest BCUT2D eigenvalue weighted by Gasteiger charge is -2.10. The third kappa shape index (κ3) is 3.94. The second-order valence-corrected chi connectivity index (χ2v) is 5.64. The molecule has 2 aromatic carbocycles. The normalized spacial score (nSPS) is 11.8. The number of amides is 1. The van der Waals surface area contributed by atoms with Crippen molar-refractivity contribution in [2.24, 2.45) is 0 Å². The number of nitrogens with one attached hydrogen (secondary N) is 1. The van der Waals surface area contributed by atoms with Gasteiger partial charge in [-0.05, 0) is 49.1 Å². The first-order chi connectivity index (χ1) is 10.9. The Bertz CT molecular complexity index is 724. The molecule has 0 saturated carbocycles. The van der Waals surface area contributed by atoms with E-state index in [0.29, 0.717) is 22.7 Å². The molecule has 0 aliphatic heterocycles. The average Bonchev–Trinajstić information content (AvgIpc) is 2.54. The highest BCUT2D eigenvalue weighted by atomic mass is 16.6. The fourth-order valence-electron chi connectivity index (χ4n) is 2.34. The van der Waals surface area contributed by atoms with Crippen molar-refractivity contribution in [1.82, 2.24) is 0 Å². The van der Waals surface area contributed by atoms with E-state index in [-0.39, 0.29) is 11.6 Å². The van der Waals surface area contributed by atoms with Gasteiger partial charge in [-0.25, -0.2) is 0 Å². The molecular formula is C18H20N2O3. The molecule has 1 N–H and O–H groups in total. The van der Waals surface area contributed by atoms with Gasteiger partial charge in [0, 0.05) is 22.9 Å². The molecule has 0 spiro atoms. The van der Waals surface area contributed by atoms with Gasteiger partial charge in [0.25, 0.3) is 11.6 Å². The molecule has 2 rings (SSSR count). The first-order valence-corrected chi connectivity index (χ1v) is 7.58. The van der Waals surface area contributed by atoms with Crippen molar-refractivity contribution in [3.05, 3.63) is 69.3 Å². The van der Waals surface area contributed by atoms with Crippen molar-refractivity contribution in [3.8, 4) is 0 Å². The van der Waals surface area contributed by atoms with E-state index in [1.54, 1.807) is 6.92 Å². The Morgan fingerprint density at radius 1 is 1.22 bits per heavy atom. The summed E-state index contributed by atoms with van der Waals surface area (Å²) in [6.07, 6.45) is 1.06. The van der Waals surface area contributed by atoms with Gasteiger partial charge in [-0.15, -0.1) is 0 Å². The third-order valence-corrected chi connectivity index (χ3v) is 4.01. The maximum Gasteiger partial charge on any atom is 0.272 e. The third-order valence-electron chi connectivity index (χ3n) is 4.01. The predicted octanol–water partition coefficient (Wildman–Crippen LogP) is 4.67. The van der Waals surface area contributed by atoms with Gasteiger partial charge in [-0.3, -0.25) is 14.9 Å². The summed E-state index contributed by atoms with van der Waals surface area (Å²) in [5.41, 5.74) is 2.82. The summed E-state index contributed by atoms with van der Waals surface area (Å²) in [6, 6.07) is 12.1. The van der Waals surface area contributed by atoms with E-state index in [2.05, 4.69) is 19.2 Å². The molecule has 0 aromatic heterocycles. The van der Waals surface area contributed by atoms with Crippen LogP contribution in [-0.2, 0) is 0 Å². The fourth-order valence-corrected chi connectivity index (χ4v) is 2.34. The molecular weight excluding hydrogens is 292 g/mol. The molecule has 5 nitrogen and oxygen atoms in total. The molecule has 0 aliphatic carbocycles. The summed E-state index contributed by atoms with van der Waals surface area (Å²) < 4.78 is 0. The monoisotopic (exact) mass is 312 g/mol. The number of carbonyl (C=O) groups excluding carboxylic acids is 1. The zero-order valence-electron chi connectivity index (χ0n) is 13.5. The number of nitrogens with zero attached hydrogens (tertiary/aromatic N) is 1. The zero-order chi connectivity index (χ0) is 17.0. The van der Waals surface area contributed by atoms with Gasteiger partial charge in [0.05, 0.1) is 4.92 Å². The quantitative estimate of drug-likeness (QED) is 0.644. The Kier molecular flexibility index (Phi) is 5.11. The van der Waals surface area contributed by atoms with Crippen LogP contribution in [0.3, 0.4) is 0 Å². The van der Waals surface area contributed by atoms with E-state index in [4.69, 9.17) is 0 Å². The molecule has 120 valence electrons. The number of anilines is 1. The van der Waals surface area contributed by atoms with E-state index in [1.807, 2.05) is 24.3 Å². The van der Waals surface area contributed by atoms with Crippen LogP contribution in [0.15, 0.2) is 42.5 Å². The highest BCUT2D eigenvalue weighted by Gasteiger charge is 2.14. The van der Waals surface area contributed by atoms with Crippen LogP contribution in [-0.4, -0.2) is 10.8 Å². The summed E-state index contributed by atoms with van der Waals surface area (Å²) in [5.74, 6) is 0.205. The first kappa shape index (κ1) is 16.7. The standard InChI is InChI=1S/C18H20N2O3/c1-4-12(2)14-5-8-16(9-6-14)19-18(21)15-7-10-17(20(22)23)13(3)11-15/h5-12H,4H2,1-3H3,(H,19,21)/t12-/m0/s1. The Morgan fingerprint density at radius 2 is 1.87 bits per heavy atom. The molecule has 1 amide bonds. The molecule has 23 heavy (non-hydrogen) atoms. The Balaban J connectivity index is 2.13. The topological polar surface area (TPSA) is 72.2 Å². The molecule has 0 unspecified atom stereocenters. The van der Waals surface area contributed by atoms with E-state index in [1.165, 1.54) is 23.8 Å². The summed E-state index contributed by atoms with van der Waals surface area (Å²) in [7, 11) is 0. The smallest absolute Gasteiger partial charge is 0.272 e. The van der Waals surface area contributed by atoms with E-state index in [0.717, 1.165) is 6.42 Å². The Morgan fingerprint density at radius 3 is 2.39 bits per heavy atom. The zero-order valence-corrected chi connectivity index (χ0v) is 13.5. The van der Waals surface area contributed by atoms with Crippen molar-refractivity contribution in [2.75, 3.05) is 5.32 Å². The minimum Gasteiger partial charge on any atom is -0.322 e. The fraction of sp³-hybridized carbons (Fsp3) is 0.278. The number of benzene rings is 2. The van der Waals surface area contributed by atoms with Gasteiger partial charge in [0.1, 0.15) is 0 Å². The Labute approximate surface area is 135 Å². The number of rotatable bonds is 5. The molecule has 0 bridgehead atoms. The number of hydrogen-bond donors (Lipinski definition) is 1. The van der Waals surface area contributed by atoms with Crippen LogP contribution in [0.4, 0.5) is 11.4 Å². The van der Waals surface area contributed by atoms with Crippen molar-refractivity contribution < 1.29 is 9.72 Å². The van der Waals surface area contributed by atoms with Gasteiger partial charge < -0.3 is 5.32 Å². The SMILES string of the molecule is CC[C@H](C)c1ccc(NC(=O)c2ccc([N+](=O)[O-])c(C)c2)cc1. The molecule has 0 radical (unpaired) electrons. The van der Waals surface area contributed by atoms with Gasteiger partial charge in [-0.2, -0.15) is 0 Å². The summed E-state index contributed by atoms with van der Waals surface area (Å²) in [6.45, 7) is 5.92. The minimum atomic E-state index is -0.454. The van der Waals surface area contributed by atoms with Crippen molar-refractivity contribution in [3.63, 3.8) is 0 Å². The maximum atomic E-state index is 12.2. The molecule has 1 atom stereocenters. The van der Waals surface area contributed by atoms with Crippen LogP contribution < -0.4 is 5.32 Å². The lowest BCUT2D eigenvalue weighted by atomic mass is 9.98. The highest BCUT2D eigenvalue weighted by molar-refractivity contribution is 6.04. The second kappa shape index (κ2) is 7.05. The molecule has 0 fully saturated rings. The summed E-state index contributed by atoms with van der Waals surface area (Å²) in [5, 5.41) is 13.6. The highest BCUT2D eigenvalue weighted by Crippen LogP contribution is 2.22. The van der Waals surface area contributed by atoms with Gasteiger partial charge in [-0.1, -0.05) is 26.0 Å². The Hall–Kier alpha value is -2.69. The van der Waals surface area contributed by atoms with E-state index < -0.39 is 4.92 Å². The molecule has 0 heterocycles. The second-order valence-electron chi connectivity index (χ2n) is 5.64. The van der Waals surface area contributed by atoms with Crippen LogP contribution in [0.25, 0.3) is 0 Å². The van der Waals surface area contributed by atoms with Crippen molar-refractivity contribution in [2.45, 2.75) is 33.1 Å². The van der Waals surface area contributed by atoms with Crippen LogP contribution in [0, 0.1) is 17.0 Å². The lowest BCUT2D eigenvalue weighted by molar-refractivity contribution is -0.385. The van der Waals surface area contributed by atoms with Gasteiger partial charge >= 0.3 is 0 Å². The van der Waals surface area contributed by atoms with Crippen LogP contribution >= 0.6 is 0 Å². The number of hydrogen-bond acceptors (Lipinski definition) is 3.